The predicted octanol–water partition coefficient (Wildman–Crippen LogP) is 1.07. The highest BCUT2D eigenvalue weighted by molar-refractivity contribution is 5.17. The number of rotatable bonds is 3. The largest absolute Gasteiger partial charge is 0.313 e. The summed E-state index contributed by atoms with van der Waals surface area (Å²) in [4.78, 5) is 0. The standard InChI is InChI=1S/C10H15N2/c1-10(11,12)8-7-9-5-3-2-4-6-9/h2-6,8H,7,11-12H2,1H3. The van der Waals surface area contributed by atoms with E-state index in [0.717, 1.165) is 6.42 Å². The fourth-order valence-corrected chi connectivity index (χ4v) is 0.952. The Morgan fingerprint density at radius 3 is 2.33 bits per heavy atom. The van der Waals surface area contributed by atoms with E-state index in [1.165, 1.54) is 5.56 Å². The van der Waals surface area contributed by atoms with Gasteiger partial charge in [0.25, 0.3) is 0 Å². The summed E-state index contributed by atoms with van der Waals surface area (Å²) in [5.74, 6) is 0. The third kappa shape index (κ3) is 3.51. The lowest BCUT2D eigenvalue weighted by molar-refractivity contribution is 0.556. The van der Waals surface area contributed by atoms with Gasteiger partial charge in [-0.25, -0.2) is 0 Å². The van der Waals surface area contributed by atoms with Gasteiger partial charge in [0.1, 0.15) is 0 Å². The Kier molecular flexibility index (Phi) is 2.84. The van der Waals surface area contributed by atoms with Crippen LogP contribution in [0.15, 0.2) is 30.3 Å². The molecule has 0 spiro atoms. The van der Waals surface area contributed by atoms with Crippen LogP contribution in [0.1, 0.15) is 12.5 Å². The minimum atomic E-state index is -0.671. The molecule has 0 aliphatic carbocycles. The lowest BCUT2D eigenvalue weighted by Crippen LogP contribution is -2.46. The minimum Gasteiger partial charge on any atom is -0.313 e. The van der Waals surface area contributed by atoms with E-state index in [1.54, 1.807) is 6.92 Å². The van der Waals surface area contributed by atoms with Crippen molar-refractivity contribution in [3.05, 3.63) is 42.3 Å². The van der Waals surface area contributed by atoms with E-state index in [1.807, 2.05) is 24.6 Å². The quantitative estimate of drug-likeness (QED) is 0.655. The predicted molar refractivity (Wildman–Crippen MR) is 51.2 cm³/mol. The van der Waals surface area contributed by atoms with E-state index < -0.39 is 5.66 Å². The molecule has 0 bridgehead atoms. The molecule has 0 aliphatic rings. The maximum absolute atomic E-state index is 5.61. The lowest BCUT2D eigenvalue weighted by Gasteiger charge is -2.17. The minimum absolute atomic E-state index is 0.671. The van der Waals surface area contributed by atoms with Crippen LogP contribution in [0.25, 0.3) is 0 Å². The summed E-state index contributed by atoms with van der Waals surface area (Å²) in [6, 6.07) is 10.1. The molecule has 12 heavy (non-hydrogen) atoms. The van der Waals surface area contributed by atoms with Gasteiger partial charge in [0.15, 0.2) is 0 Å². The molecule has 0 saturated carbocycles. The SMILES string of the molecule is CC(N)(N)[CH]Cc1ccccc1. The third-order valence-electron chi connectivity index (χ3n) is 1.62. The van der Waals surface area contributed by atoms with Crippen molar-refractivity contribution in [3.63, 3.8) is 0 Å². The second-order valence-corrected chi connectivity index (χ2v) is 3.26. The van der Waals surface area contributed by atoms with Crippen LogP contribution in [0, 0.1) is 6.42 Å². The highest BCUT2D eigenvalue weighted by Crippen LogP contribution is 2.05. The highest BCUT2D eigenvalue weighted by Gasteiger charge is 2.10. The molecule has 4 N–H and O–H groups in total. The smallest absolute Gasteiger partial charge is 0.0643 e. The molecule has 0 aromatic heterocycles. The van der Waals surface area contributed by atoms with Gasteiger partial charge in [0.2, 0.25) is 0 Å². The van der Waals surface area contributed by atoms with Crippen LogP contribution in [0.3, 0.4) is 0 Å². The zero-order chi connectivity index (χ0) is 9.03. The van der Waals surface area contributed by atoms with Crippen molar-refractivity contribution in [1.82, 2.24) is 0 Å². The van der Waals surface area contributed by atoms with Gasteiger partial charge in [-0.15, -0.1) is 0 Å². The molecule has 0 amide bonds. The molecule has 2 heteroatoms. The van der Waals surface area contributed by atoms with Gasteiger partial charge in [-0.2, -0.15) is 0 Å². The Labute approximate surface area is 73.6 Å². The molecule has 2 nitrogen and oxygen atoms in total. The fourth-order valence-electron chi connectivity index (χ4n) is 0.952. The van der Waals surface area contributed by atoms with Crippen molar-refractivity contribution in [2.75, 3.05) is 0 Å². The average molecular weight is 163 g/mol. The lowest BCUT2D eigenvalue weighted by atomic mass is 10.0. The van der Waals surface area contributed by atoms with Crippen molar-refractivity contribution in [2.45, 2.75) is 19.0 Å². The van der Waals surface area contributed by atoms with Gasteiger partial charge in [0.05, 0.1) is 5.66 Å². The van der Waals surface area contributed by atoms with Crippen LogP contribution >= 0.6 is 0 Å². The summed E-state index contributed by atoms with van der Waals surface area (Å²) in [6.07, 6.45) is 2.73. The molecule has 1 aromatic carbocycles. The average Bonchev–Trinajstić information content (AvgIpc) is 2.02. The van der Waals surface area contributed by atoms with Crippen LogP contribution in [0.2, 0.25) is 0 Å². The molecule has 1 radical (unpaired) electrons. The molecule has 0 unspecified atom stereocenters. The Balaban J connectivity index is 2.44. The second-order valence-electron chi connectivity index (χ2n) is 3.26. The summed E-state index contributed by atoms with van der Waals surface area (Å²) in [5.41, 5.74) is 11.8. The normalized spacial score (nSPS) is 11.6. The number of hydrogen-bond donors (Lipinski definition) is 2. The molecular weight excluding hydrogens is 148 g/mol. The van der Waals surface area contributed by atoms with Crippen LogP contribution in [-0.4, -0.2) is 5.66 Å². The number of nitrogens with two attached hydrogens (primary N) is 2. The molecule has 0 heterocycles. The van der Waals surface area contributed by atoms with Gasteiger partial charge in [-0.3, -0.25) is 0 Å². The van der Waals surface area contributed by atoms with Crippen molar-refractivity contribution in [2.24, 2.45) is 11.5 Å². The van der Waals surface area contributed by atoms with E-state index in [4.69, 9.17) is 11.5 Å². The highest BCUT2D eigenvalue weighted by atomic mass is 14.9. The zero-order valence-electron chi connectivity index (χ0n) is 7.33. The molecule has 0 saturated heterocycles. The second kappa shape index (κ2) is 3.70. The molecule has 65 valence electrons. The Bertz CT molecular complexity index is 223. The third-order valence-corrected chi connectivity index (χ3v) is 1.62. The van der Waals surface area contributed by atoms with Crippen molar-refractivity contribution in [1.29, 1.82) is 0 Å². The van der Waals surface area contributed by atoms with E-state index in [9.17, 15) is 0 Å². The van der Waals surface area contributed by atoms with Crippen LogP contribution in [-0.2, 0) is 6.42 Å². The first-order valence-electron chi connectivity index (χ1n) is 4.04. The summed E-state index contributed by atoms with van der Waals surface area (Å²) in [5, 5.41) is 0. The molecule has 1 aromatic rings. The zero-order valence-corrected chi connectivity index (χ0v) is 7.33. The topological polar surface area (TPSA) is 52.0 Å². The van der Waals surface area contributed by atoms with E-state index in [-0.39, 0.29) is 0 Å². The Morgan fingerprint density at radius 2 is 1.83 bits per heavy atom. The molecule has 0 fully saturated rings. The summed E-state index contributed by atoms with van der Waals surface area (Å²) >= 11 is 0. The number of hydrogen-bond acceptors (Lipinski definition) is 2. The first-order valence-corrected chi connectivity index (χ1v) is 4.04. The molecular formula is C10H15N2. The number of benzene rings is 1. The summed E-state index contributed by atoms with van der Waals surface area (Å²) in [6.45, 7) is 1.79. The Morgan fingerprint density at radius 1 is 1.25 bits per heavy atom. The van der Waals surface area contributed by atoms with Crippen LogP contribution < -0.4 is 11.5 Å². The summed E-state index contributed by atoms with van der Waals surface area (Å²) in [7, 11) is 0. The molecule has 0 aliphatic heterocycles. The van der Waals surface area contributed by atoms with Crippen LogP contribution in [0.5, 0.6) is 0 Å². The van der Waals surface area contributed by atoms with E-state index in [0.29, 0.717) is 0 Å². The van der Waals surface area contributed by atoms with E-state index >= 15 is 0 Å². The Hall–Kier alpha value is -0.860. The first-order chi connectivity index (χ1) is 5.58. The van der Waals surface area contributed by atoms with Crippen LogP contribution in [0.4, 0.5) is 0 Å². The molecule has 1 rings (SSSR count). The van der Waals surface area contributed by atoms with Crippen molar-refractivity contribution in [3.8, 4) is 0 Å². The van der Waals surface area contributed by atoms with Gasteiger partial charge >= 0.3 is 0 Å². The van der Waals surface area contributed by atoms with Gasteiger partial charge in [0, 0.05) is 0 Å². The van der Waals surface area contributed by atoms with Gasteiger partial charge in [-0.1, -0.05) is 30.3 Å². The van der Waals surface area contributed by atoms with Gasteiger partial charge < -0.3 is 11.5 Å². The summed E-state index contributed by atoms with van der Waals surface area (Å²) < 4.78 is 0. The van der Waals surface area contributed by atoms with Crippen molar-refractivity contribution < 1.29 is 0 Å². The maximum atomic E-state index is 5.61. The first kappa shape index (κ1) is 9.23. The van der Waals surface area contributed by atoms with Gasteiger partial charge in [-0.05, 0) is 25.3 Å². The fraction of sp³-hybridized carbons (Fsp3) is 0.300. The molecule has 0 atom stereocenters. The monoisotopic (exact) mass is 163 g/mol. The van der Waals surface area contributed by atoms with E-state index in [2.05, 4.69) is 12.1 Å². The maximum Gasteiger partial charge on any atom is 0.0643 e. The van der Waals surface area contributed by atoms with Crippen molar-refractivity contribution >= 4 is 0 Å².